The maximum atomic E-state index is 11.4. The summed E-state index contributed by atoms with van der Waals surface area (Å²) in [5, 5.41) is 0. The summed E-state index contributed by atoms with van der Waals surface area (Å²) in [4.78, 5) is 13.8. The van der Waals surface area contributed by atoms with Gasteiger partial charge in [-0.25, -0.2) is 0 Å². The molecule has 1 aliphatic carbocycles. The standard InChI is InChI=1S/C13H27N3O/c1-5-12(2,3)16(4)10-7-6-8-13(15,9-10)11(14)17/h10H,5-9,15H2,1-4H3,(H2,14,17). The van der Waals surface area contributed by atoms with Crippen LogP contribution in [0, 0.1) is 0 Å². The Hall–Kier alpha value is -0.610. The van der Waals surface area contributed by atoms with Gasteiger partial charge in [0.2, 0.25) is 5.91 Å². The van der Waals surface area contributed by atoms with E-state index >= 15 is 0 Å². The van der Waals surface area contributed by atoms with Crippen LogP contribution in [-0.4, -0.2) is 35.0 Å². The third kappa shape index (κ3) is 2.99. The van der Waals surface area contributed by atoms with Crippen LogP contribution < -0.4 is 11.5 Å². The van der Waals surface area contributed by atoms with E-state index < -0.39 is 5.54 Å². The maximum absolute atomic E-state index is 11.4. The van der Waals surface area contributed by atoms with E-state index in [4.69, 9.17) is 11.5 Å². The molecule has 4 nitrogen and oxygen atoms in total. The fourth-order valence-electron chi connectivity index (χ4n) is 2.58. The van der Waals surface area contributed by atoms with Gasteiger partial charge in [0.15, 0.2) is 0 Å². The van der Waals surface area contributed by atoms with Crippen LogP contribution in [0.1, 0.15) is 52.9 Å². The zero-order chi connectivity index (χ0) is 13.3. The van der Waals surface area contributed by atoms with Crippen LogP contribution in [0.4, 0.5) is 0 Å². The van der Waals surface area contributed by atoms with Crippen LogP contribution in [-0.2, 0) is 4.79 Å². The predicted octanol–water partition coefficient (Wildman–Crippen LogP) is 1.23. The number of hydrogen-bond donors (Lipinski definition) is 2. The molecule has 0 aromatic rings. The SMILES string of the molecule is CCC(C)(C)N(C)C1CCCC(N)(C(N)=O)C1. The van der Waals surface area contributed by atoms with E-state index in [2.05, 4.69) is 32.7 Å². The molecule has 0 aromatic carbocycles. The van der Waals surface area contributed by atoms with Crippen molar-refractivity contribution in [2.24, 2.45) is 11.5 Å². The Morgan fingerprint density at radius 1 is 1.53 bits per heavy atom. The van der Waals surface area contributed by atoms with Crippen molar-refractivity contribution in [2.75, 3.05) is 7.05 Å². The lowest BCUT2D eigenvalue weighted by Crippen LogP contribution is -2.60. The predicted molar refractivity (Wildman–Crippen MR) is 70.5 cm³/mol. The summed E-state index contributed by atoms with van der Waals surface area (Å²) >= 11 is 0. The van der Waals surface area contributed by atoms with Gasteiger partial charge < -0.3 is 11.5 Å². The lowest BCUT2D eigenvalue weighted by atomic mass is 9.77. The molecule has 2 atom stereocenters. The molecule has 0 saturated heterocycles. The van der Waals surface area contributed by atoms with Crippen LogP contribution in [0.2, 0.25) is 0 Å². The highest BCUT2D eigenvalue weighted by Gasteiger charge is 2.41. The van der Waals surface area contributed by atoms with E-state index in [0.717, 1.165) is 25.7 Å². The lowest BCUT2D eigenvalue weighted by Gasteiger charge is -2.46. The minimum Gasteiger partial charge on any atom is -0.368 e. The molecule has 17 heavy (non-hydrogen) atoms. The van der Waals surface area contributed by atoms with E-state index in [1.54, 1.807) is 0 Å². The second kappa shape index (κ2) is 4.94. The fourth-order valence-corrected chi connectivity index (χ4v) is 2.58. The molecule has 1 saturated carbocycles. The van der Waals surface area contributed by atoms with E-state index in [1.807, 2.05) is 0 Å². The van der Waals surface area contributed by atoms with Gasteiger partial charge in [-0.1, -0.05) is 6.92 Å². The summed E-state index contributed by atoms with van der Waals surface area (Å²) in [6, 6.07) is 0.358. The summed E-state index contributed by atoms with van der Waals surface area (Å²) < 4.78 is 0. The van der Waals surface area contributed by atoms with Gasteiger partial charge in [0.25, 0.3) is 0 Å². The Morgan fingerprint density at radius 2 is 2.12 bits per heavy atom. The van der Waals surface area contributed by atoms with E-state index in [-0.39, 0.29) is 11.4 Å². The third-order valence-corrected chi connectivity index (χ3v) is 4.62. The van der Waals surface area contributed by atoms with Crippen molar-refractivity contribution in [3.63, 3.8) is 0 Å². The second-order valence-electron chi connectivity index (χ2n) is 6.05. The van der Waals surface area contributed by atoms with E-state index in [0.29, 0.717) is 12.5 Å². The highest BCUT2D eigenvalue weighted by Crippen LogP contribution is 2.32. The summed E-state index contributed by atoms with van der Waals surface area (Å²) in [6.45, 7) is 6.64. The van der Waals surface area contributed by atoms with Crippen LogP contribution in [0.3, 0.4) is 0 Å². The smallest absolute Gasteiger partial charge is 0.237 e. The molecule has 0 bridgehead atoms. The number of hydrogen-bond acceptors (Lipinski definition) is 3. The van der Waals surface area contributed by atoms with Crippen molar-refractivity contribution < 1.29 is 4.79 Å². The quantitative estimate of drug-likeness (QED) is 0.777. The molecular formula is C13H27N3O. The number of carbonyl (C=O) groups excluding carboxylic acids is 1. The average molecular weight is 241 g/mol. The van der Waals surface area contributed by atoms with Crippen molar-refractivity contribution in [2.45, 2.75) is 70.0 Å². The van der Waals surface area contributed by atoms with Crippen LogP contribution >= 0.6 is 0 Å². The molecule has 2 unspecified atom stereocenters. The molecule has 1 amide bonds. The number of amides is 1. The van der Waals surface area contributed by atoms with Gasteiger partial charge in [-0.3, -0.25) is 9.69 Å². The minimum absolute atomic E-state index is 0.139. The number of nitrogens with two attached hydrogens (primary N) is 2. The average Bonchev–Trinajstić information content (AvgIpc) is 2.28. The molecule has 1 fully saturated rings. The van der Waals surface area contributed by atoms with E-state index in [1.165, 1.54) is 0 Å². The van der Waals surface area contributed by atoms with Crippen LogP contribution in [0.15, 0.2) is 0 Å². The molecule has 4 heteroatoms. The van der Waals surface area contributed by atoms with E-state index in [9.17, 15) is 4.79 Å². The highest BCUT2D eigenvalue weighted by molar-refractivity contribution is 5.84. The van der Waals surface area contributed by atoms with Crippen LogP contribution in [0.5, 0.6) is 0 Å². The minimum atomic E-state index is -0.805. The molecule has 0 radical (unpaired) electrons. The lowest BCUT2D eigenvalue weighted by molar-refractivity contribution is -0.125. The topological polar surface area (TPSA) is 72.3 Å². The number of nitrogens with zero attached hydrogens (tertiary/aromatic N) is 1. The Bertz CT molecular complexity index is 290. The van der Waals surface area contributed by atoms with Gasteiger partial charge in [-0.05, 0) is 53.0 Å². The summed E-state index contributed by atoms with van der Waals surface area (Å²) in [6.07, 6.45) is 4.57. The normalized spacial score (nSPS) is 30.6. The monoisotopic (exact) mass is 241 g/mol. The van der Waals surface area contributed by atoms with Crippen molar-refractivity contribution in [1.82, 2.24) is 4.90 Å². The molecule has 0 aliphatic heterocycles. The molecule has 4 N–H and O–H groups in total. The largest absolute Gasteiger partial charge is 0.368 e. The zero-order valence-corrected chi connectivity index (χ0v) is 11.6. The Balaban J connectivity index is 2.77. The second-order valence-corrected chi connectivity index (χ2v) is 6.05. The summed E-state index contributed by atoms with van der Waals surface area (Å²) in [5.74, 6) is -0.357. The first-order chi connectivity index (χ1) is 7.73. The number of rotatable bonds is 4. The van der Waals surface area contributed by atoms with Crippen molar-refractivity contribution >= 4 is 5.91 Å². The summed E-state index contributed by atoms with van der Waals surface area (Å²) in [5.41, 5.74) is 10.9. The van der Waals surface area contributed by atoms with Crippen LogP contribution in [0.25, 0.3) is 0 Å². The fraction of sp³-hybridized carbons (Fsp3) is 0.923. The Labute approximate surface area is 105 Å². The molecule has 0 aromatic heterocycles. The van der Waals surface area contributed by atoms with Gasteiger partial charge in [0, 0.05) is 11.6 Å². The molecule has 0 spiro atoms. The molecule has 0 heterocycles. The van der Waals surface area contributed by atoms with Gasteiger partial charge in [-0.15, -0.1) is 0 Å². The van der Waals surface area contributed by atoms with Crippen molar-refractivity contribution in [1.29, 1.82) is 0 Å². The number of primary amides is 1. The Morgan fingerprint density at radius 3 is 2.59 bits per heavy atom. The highest BCUT2D eigenvalue weighted by atomic mass is 16.1. The van der Waals surface area contributed by atoms with Crippen molar-refractivity contribution in [3.05, 3.63) is 0 Å². The first-order valence-electron chi connectivity index (χ1n) is 6.54. The van der Waals surface area contributed by atoms with Gasteiger partial charge >= 0.3 is 0 Å². The first kappa shape index (κ1) is 14.5. The summed E-state index contributed by atoms with van der Waals surface area (Å²) in [7, 11) is 2.13. The Kier molecular flexibility index (Phi) is 4.20. The molecule has 1 aliphatic rings. The number of carbonyl (C=O) groups is 1. The third-order valence-electron chi connectivity index (χ3n) is 4.62. The molecular weight excluding hydrogens is 214 g/mol. The van der Waals surface area contributed by atoms with Gasteiger partial charge in [0.1, 0.15) is 0 Å². The molecule has 100 valence electrons. The van der Waals surface area contributed by atoms with Crippen molar-refractivity contribution in [3.8, 4) is 0 Å². The molecule has 1 rings (SSSR count). The zero-order valence-electron chi connectivity index (χ0n) is 11.6. The maximum Gasteiger partial charge on any atom is 0.237 e. The first-order valence-corrected chi connectivity index (χ1v) is 6.54. The van der Waals surface area contributed by atoms with Gasteiger partial charge in [0.05, 0.1) is 5.54 Å². The van der Waals surface area contributed by atoms with Gasteiger partial charge in [-0.2, -0.15) is 0 Å².